The van der Waals surface area contributed by atoms with Gasteiger partial charge in [0.2, 0.25) is 0 Å². The Labute approximate surface area is 138 Å². The summed E-state index contributed by atoms with van der Waals surface area (Å²) >= 11 is 0. The first kappa shape index (κ1) is 15.9. The molecule has 6 heteroatoms. The van der Waals surface area contributed by atoms with Gasteiger partial charge in [-0.1, -0.05) is 18.2 Å². The minimum absolute atomic E-state index is 0.127. The zero-order valence-corrected chi connectivity index (χ0v) is 12.8. The predicted octanol–water partition coefficient (Wildman–Crippen LogP) is 2.57. The molecule has 1 unspecified atom stereocenters. The van der Waals surface area contributed by atoms with Gasteiger partial charge in [0.25, 0.3) is 0 Å². The van der Waals surface area contributed by atoms with Gasteiger partial charge in [0.05, 0.1) is 11.5 Å². The lowest BCUT2D eigenvalue weighted by atomic mass is 9.91. The molecule has 6 nitrogen and oxygen atoms in total. The van der Waals surface area contributed by atoms with Crippen LogP contribution in [-0.4, -0.2) is 35.4 Å². The molecule has 0 saturated carbocycles. The van der Waals surface area contributed by atoms with Crippen molar-refractivity contribution in [2.24, 2.45) is 0 Å². The third-order valence-electron chi connectivity index (χ3n) is 3.90. The number of carboxylic acids is 2. The molecule has 1 atom stereocenters. The maximum Gasteiger partial charge on any atom is 0.335 e. The lowest BCUT2D eigenvalue weighted by Gasteiger charge is -2.20. The van der Waals surface area contributed by atoms with Gasteiger partial charge in [-0.25, -0.2) is 4.79 Å². The maximum atomic E-state index is 11.6. The molecule has 0 saturated heterocycles. The number of fused-ring (bicyclic) bond motifs is 1. The molecular weight excluding hydrogens is 312 g/mol. The average Bonchev–Trinajstić information content (AvgIpc) is 2.59. The van der Waals surface area contributed by atoms with Crippen LogP contribution in [0, 0.1) is 0 Å². The summed E-state index contributed by atoms with van der Waals surface area (Å²) in [6.45, 7) is 0.968. The number of carbonyl (C=O) groups is 2. The molecule has 24 heavy (non-hydrogen) atoms. The van der Waals surface area contributed by atoms with Gasteiger partial charge in [0.1, 0.15) is 13.2 Å². The van der Waals surface area contributed by atoms with E-state index in [0.29, 0.717) is 30.3 Å². The van der Waals surface area contributed by atoms with Crippen molar-refractivity contribution in [2.45, 2.75) is 12.3 Å². The van der Waals surface area contributed by atoms with Gasteiger partial charge in [0.15, 0.2) is 11.5 Å². The fourth-order valence-electron chi connectivity index (χ4n) is 2.66. The highest BCUT2D eigenvalue weighted by Crippen LogP contribution is 2.32. The highest BCUT2D eigenvalue weighted by molar-refractivity contribution is 5.87. The van der Waals surface area contributed by atoms with Gasteiger partial charge >= 0.3 is 11.9 Å². The molecule has 0 radical (unpaired) electrons. The molecule has 0 spiro atoms. The average molecular weight is 328 g/mol. The van der Waals surface area contributed by atoms with E-state index in [4.69, 9.17) is 14.6 Å². The van der Waals surface area contributed by atoms with Crippen molar-refractivity contribution >= 4 is 11.9 Å². The van der Waals surface area contributed by atoms with Gasteiger partial charge in [0, 0.05) is 0 Å². The molecule has 2 aromatic carbocycles. The van der Waals surface area contributed by atoms with E-state index in [-0.39, 0.29) is 12.0 Å². The topological polar surface area (TPSA) is 93.1 Å². The molecule has 124 valence electrons. The summed E-state index contributed by atoms with van der Waals surface area (Å²) in [5.41, 5.74) is 1.50. The fourth-order valence-corrected chi connectivity index (χ4v) is 2.66. The standard InChI is InChI=1S/C18H16O6/c19-17(20)13-4-2-12(3-5-13)14(18(21)22)9-11-1-6-15-16(10-11)24-8-7-23-15/h1-6,10,14H,7-9H2,(H,19,20)(H,21,22). The Morgan fingerprint density at radius 1 is 0.958 bits per heavy atom. The van der Waals surface area contributed by atoms with Crippen LogP contribution in [0.25, 0.3) is 0 Å². The number of aromatic carboxylic acids is 1. The molecule has 0 bridgehead atoms. The first-order valence-corrected chi connectivity index (χ1v) is 7.49. The largest absolute Gasteiger partial charge is 0.486 e. The minimum atomic E-state index is -1.04. The fraction of sp³-hybridized carbons (Fsp3) is 0.222. The molecule has 1 aliphatic rings. The molecule has 3 rings (SSSR count). The van der Waals surface area contributed by atoms with Crippen LogP contribution in [-0.2, 0) is 11.2 Å². The molecular formula is C18H16O6. The van der Waals surface area contributed by atoms with E-state index >= 15 is 0 Å². The Hall–Kier alpha value is -3.02. The number of hydrogen-bond donors (Lipinski definition) is 2. The Morgan fingerprint density at radius 3 is 2.25 bits per heavy atom. The molecule has 0 aliphatic carbocycles. The number of carboxylic acid groups (broad SMARTS) is 2. The normalized spacial score (nSPS) is 14.0. The van der Waals surface area contributed by atoms with E-state index in [2.05, 4.69) is 0 Å². The summed E-state index contributed by atoms with van der Waals surface area (Å²) in [7, 11) is 0. The molecule has 2 N–H and O–H groups in total. The van der Waals surface area contributed by atoms with E-state index in [9.17, 15) is 14.7 Å². The van der Waals surface area contributed by atoms with Crippen LogP contribution in [0.4, 0.5) is 0 Å². The number of ether oxygens (including phenoxy) is 2. The Balaban J connectivity index is 1.84. The van der Waals surface area contributed by atoms with Crippen LogP contribution in [0.5, 0.6) is 11.5 Å². The summed E-state index contributed by atoms with van der Waals surface area (Å²) in [5.74, 6) is -1.50. The number of benzene rings is 2. The monoisotopic (exact) mass is 328 g/mol. The van der Waals surface area contributed by atoms with E-state index in [0.717, 1.165) is 5.56 Å². The Kier molecular flexibility index (Phi) is 4.37. The van der Waals surface area contributed by atoms with Gasteiger partial charge < -0.3 is 19.7 Å². The zero-order chi connectivity index (χ0) is 17.1. The van der Waals surface area contributed by atoms with E-state index in [1.807, 2.05) is 6.07 Å². The molecule has 0 amide bonds. The summed E-state index contributed by atoms with van der Waals surface area (Å²) in [6.07, 6.45) is 0.276. The van der Waals surface area contributed by atoms with Crippen molar-refractivity contribution in [2.75, 3.05) is 13.2 Å². The van der Waals surface area contributed by atoms with Crippen LogP contribution in [0.2, 0.25) is 0 Å². The van der Waals surface area contributed by atoms with Crippen LogP contribution < -0.4 is 9.47 Å². The number of hydrogen-bond acceptors (Lipinski definition) is 4. The summed E-state index contributed by atoms with van der Waals surface area (Å²) in [6, 6.07) is 11.3. The van der Waals surface area contributed by atoms with Gasteiger partial charge in [-0.05, 0) is 41.8 Å². The van der Waals surface area contributed by atoms with Gasteiger partial charge in [-0.15, -0.1) is 0 Å². The van der Waals surface area contributed by atoms with Crippen molar-refractivity contribution in [3.05, 3.63) is 59.2 Å². The summed E-state index contributed by atoms with van der Waals surface area (Å²) < 4.78 is 11.0. The van der Waals surface area contributed by atoms with Gasteiger partial charge in [-0.2, -0.15) is 0 Å². The van der Waals surface area contributed by atoms with E-state index < -0.39 is 17.9 Å². The predicted molar refractivity (Wildman–Crippen MR) is 84.9 cm³/mol. The van der Waals surface area contributed by atoms with Crippen molar-refractivity contribution in [1.82, 2.24) is 0 Å². The summed E-state index contributed by atoms with van der Waals surface area (Å²) in [4.78, 5) is 22.5. The molecule has 1 aliphatic heterocycles. The molecule has 1 heterocycles. The van der Waals surface area contributed by atoms with Crippen LogP contribution in [0.1, 0.15) is 27.4 Å². The Bertz CT molecular complexity index is 766. The van der Waals surface area contributed by atoms with Crippen molar-refractivity contribution in [3.8, 4) is 11.5 Å². The van der Waals surface area contributed by atoms with Crippen molar-refractivity contribution < 1.29 is 29.3 Å². The lowest BCUT2D eigenvalue weighted by molar-refractivity contribution is -0.138. The SMILES string of the molecule is O=C(O)c1ccc(C(Cc2ccc3c(c2)OCCO3)C(=O)O)cc1. The molecule has 0 aromatic heterocycles. The second-order valence-electron chi connectivity index (χ2n) is 5.50. The first-order chi connectivity index (χ1) is 11.5. The Morgan fingerprint density at radius 2 is 1.62 bits per heavy atom. The van der Waals surface area contributed by atoms with E-state index in [1.165, 1.54) is 12.1 Å². The highest BCUT2D eigenvalue weighted by Gasteiger charge is 2.22. The third-order valence-corrected chi connectivity index (χ3v) is 3.90. The smallest absolute Gasteiger partial charge is 0.335 e. The van der Waals surface area contributed by atoms with Crippen molar-refractivity contribution in [3.63, 3.8) is 0 Å². The lowest BCUT2D eigenvalue weighted by Crippen LogP contribution is -2.17. The van der Waals surface area contributed by atoms with Crippen LogP contribution >= 0.6 is 0 Å². The number of rotatable bonds is 5. The number of aliphatic carboxylic acids is 1. The van der Waals surface area contributed by atoms with E-state index in [1.54, 1.807) is 24.3 Å². The third kappa shape index (κ3) is 3.32. The van der Waals surface area contributed by atoms with Crippen LogP contribution in [0.15, 0.2) is 42.5 Å². The maximum absolute atomic E-state index is 11.6. The zero-order valence-electron chi connectivity index (χ0n) is 12.8. The van der Waals surface area contributed by atoms with Crippen molar-refractivity contribution in [1.29, 1.82) is 0 Å². The highest BCUT2D eigenvalue weighted by atomic mass is 16.6. The second kappa shape index (κ2) is 6.62. The second-order valence-corrected chi connectivity index (χ2v) is 5.50. The first-order valence-electron chi connectivity index (χ1n) is 7.49. The minimum Gasteiger partial charge on any atom is -0.486 e. The molecule has 0 fully saturated rings. The van der Waals surface area contributed by atoms with Gasteiger partial charge in [-0.3, -0.25) is 4.79 Å². The van der Waals surface area contributed by atoms with Crippen LogP contribution in [0.3, 0.4) is 0 Å². The quantitative estimate of drug-likeness (QED) is 0.876. The molecule has 2 aromatic rings. The summed E-state index contributed by atoms with van der Waals surface area (Å²) in [5, 5.41) is 18.5.